The molecule has 1 aromatic rings. The highest BCUT2D eigenvalue weighted by atomic mass is 16.4. The maximum absolute atomic E-state index is 12.7. The number of hydrogen-bond acceptors (Lipinski definition) is 4. The van der Waals surface area contributed by atoms with Crippen molar-refractivity contribution in [3.05, 3.63) is 17.8 Å². The monoisotopic (exact) mass is 335 g/mol. The van der Waals surface area contributed by atoms with Crippen molar-refractivity contribution in [1.82, 2.24) is 14.8 Å². The molecule has 1 aliphatic heterocycles. The van der Waals surface area contributed by atoms with E-state index in [-0.39, 0.29) is 16.7 Å². The molecule has 0 aromatic carbocycles. The topological polar surface area (TPSA) is 49.6 Å². The van der Waals surface area contributed by atoms with Crippen LogP contribution in [-0.4, -0.2) is 46.9 Å². The van der Waals surface area contributed by atoms with Gasteiger partial charge in [-0.2, -0.15) is 0 Å². The largest absolute Gasteiger partial charge is 0.444 e. The molecule has 5 nitrogen and oxygen atoms in total. The molecule has 1 fully saturated rings. The molecule has 0 bridgehead atoms. The smallest absolute Gasteiger partial charge is 0.228 e. The highest BCUT2D eigenvalue weighted by molar-refractivity contribution is 5.81. The molecule has 0 spiro atoms. The first kappa shape index (κ1) is 19.0. The van der Waals surface area contributed by atoms with E-state index in [1.807, 2.05) is 24.9 Å². The van der Waals surface area contributed by atoms with E-state index >= 15 is 0 Å². The molecular weight excluding hydrogens is 302 g/mol. The number of rotatable bonds is 4. The van der Waals surface area contributed by atoms with Crippen LogP contribution < -0.4 is 0 Å². The van der Waals surface area contributed by atoms with Crippen molar-refractivity contribution in [3.63, 3.8) is 0 Å². The van der Waals surface area contributed by atoms with E-state index in [1.165, 1.54) is 0 Å². The Labute approximate surface area is 146 Å². The fraction of sp³-hybridized carbons (Fsp3) is 0.789. The van der Waals surface area contributed by atoms with E-state index in [0.29, 0.717) is 0 Å². The lowest BCUT2D eigenvalue weighted by molar-refractivity contribution is -0.140. The highest BCUT2D eigenvalue weighted by Gasteiger charge is 2.31. The van der Waals surface area contributed by atoms with Crippen molar-refractivity contribution in [3.8, 4) is 0 Å². The molecule has 0 atom stereocenters. The molecule has 136 valence electrons. The van der Waals surface area contributed by atoms with E-state index in [0.717, 1.165) is 57.2 Å². The molecule has 0 N–H and O–H groups in total. The van der Waals surface area contributed by atoms with Gasteiger partial charge in [-0.1, -0.05) is 41.5 Å². The minimum absolute atomic E-state index is 0.0149. The molecule has 24 heavy (non-hydrogen) atoms. The van der Waals surface area contributed by atoms with Crippen LogP contribution in [0.5, 0.6) is 0 Å². The van der Waals surface area contributed by atoms with Crippen LogP contribution >= 0.6 is 0 Å². The van der Waals surface area contributed by atoms with Crippen molar-refractivity contribution in [2.45, 2.75) is 66.3 Å². The minimum atomic E-state index is -0.265. The van der Waals surface area contributed by atoms with Gasteiger partial charge in [0.2, 0.25) is 11.8 Å². The van der Waals surface area contributed by atoms with Gasteiger partial charge < -0.3 is 9.32 Å². The van der Waals surface area contributed by atoms with Crippen molar-refractivity contribution in [2.75, 3.05) is 26.2 Å². The predicted molar refractivity (Wildman–Crippen MR) is 95.7 cm³/mol. The molecule has 0 unspecified atom stereocenters. The van der Waals surface area contributed by atoms with Gasteiger partial charge >= 0.3 is 0 Å². The number of hydrogen-bond donors (Lipinski definition) is 0. The summed E-state index contributed by atoms with van der Waals surface area (Å²) in [4.78, 5) is 21.4. The number of carbonyl (C=O) groups is 1. The van der Waals surface area contributed by atoms with Gasteiger partial charge in [0.1, 0.15) is 5.76 Å². The van der Waals surface area contributed by atoms with Crippen LogP contribution in [0.1, 0.15) is 66.0 Å². The Morgan fingerprint density at radius 3 is 2.46 bits per heavy atom. The first-order valence-electron chi connectivity index (χ1n) is 9.10. The summed E-state index contributed by atoms with van der Waals surface area (Å²) in [6.07, 6.45) is 3.71. The zero-order chi connectivity index (χ0) is 18.0. The molecule has 1 aromatic heterocycles. The molecule has 0 aliphatic carbocycles. The number of carbonyl (C=O) groups excluding carboxylic acids is 1. The molecule has 0 radical (unpaired) electrons. The zero-order valence-electron chi connectivity index (χ0n) is 16.2. The van der Waals surface area contributed by atoms with Crippen molar-refractivity contribution >= 4 is 5.91 Å². The van der Waals surface area contributed by atoms with Crippen LogP contribution in [0.15, 0.2) is 10.6 Å². The Morgan fingerprint density at radius 1 is 1.17 bits per heavy atom. The standard InChI is InChI=1S/C19H33N3O2/c1-7-19(5,6)17(23)22-10-8-9-21(11-12-22)14-16-20-13-15(24-16)18(2,3)4/h13H,7-12,14H2,1-6H3. The second-order valence-corrected chi connectivity index (χ2v) is 8.53. The van der Waals surface area contributed by atoms with Gasteiger partial charge in [-0.05, 0) is 12.8 Å². The fourth-order valence-electron chi connectivity index (χ4n) is 2.83. The predicted octanol–water partition coefficient (Wildman–Crippen LogP) is 3.44. The first-order valence-corrected chi connectivity index (χ1v) is 9.10. The Bertz CT molecular complexity index is 557. The number of amides is 1. The first-order chi connectivity index (χ1) is 11.1. The molecule has 0 saturated carbocycles. The van der Waals surface area contributed by atoms with E-state index in [4.69, 9.17) is 4.42 Å². The van der Waals surface area contributed by atoms with Gasteiger partial charge in [-0.3, -0.25) is 9.69 Å². The highest BCUT2D eigenvalue weighted by Crippen LogP contribution is 2.25. The third kappa shape index (κ3) is 4.59. The lowest BCUT2D eigenvalue weighted by Gasteiger charge is -2.30. The van der Waals surface area contributed by atoms with E-state index in [1.54, 1.807) is 0 Å². The SMILES string of the molecule is CCC(C)(C)C(=O)N1CCCN(Cc2ncc(C(C)(C)C)o2)CC1. The number of aromatic nitrogens is 1. The van der Waals surface area contributed by atoms with Crippen LogP contribution in [0, 0.1) is 5.41 Å². The lowest BCUT2D eigenvalue weighted by atomic mass is 9.88. The lowest BCUT2D eigenvalue weighted by Crippen LogP contribution is -2.42. The van der Waals surface area contributed by atoms with Gasteiger partial charge in [-0.15, -0.1) is 0 Å². The van der Waals surface area contributed by atoms with E-state index < -0.39 is 0 Å². The Balaban J connectivity index is 1.94. The minimum Gasteiger partial charge on any atom is -0.444 e. The molecule has 2 rings (SSSR count). The molecular formula is C19H33N3O2. The number of oxazole rings is 1. The van der Waals surface area contributed by atoms with Crippen LogP contribution in [0.3, 0.4) is 0 Å². The van der Waals surface area contributed by atoms with Crippen molar-refractivity contribution in [1.29, 1.82) is 0 Å². The summed E-state index contributed by atoms with van der Waals surface area (Å²) in [5, 5.41) is 0. The van der Waals surface area contributed by atoms with E-state index in [2.05, 4.69) is 37.6 Å². The van der Waals surface area contributed by atoms with Crippen LogP contribution in [0.25, 0.3) is 0 Å². The van der Waals surface area contributed by atoms with Crippen LogP contribution in [0.4, 0.5) is 0 Å². The average molecular weight is 335 g/mol. The molecule has 2 heterocycles. The van der Waals surface area contributed by atoms with E-state index in [9.17, 15) is 4.79 Å². The molecule has 5 heteroatoms. The summed E-state index contributed by atoms with van der Waals surface area (Å²) < 4.78 is 5.90. The summed E-state index contributed by atoms with van der Waals surface area (Å²) in [7, 11) is 0. The summed E-state index contributed by atoms with van der Waals surface area (Å²) in [5.41, 5.74) is -0.279. The van der Waals surface area contributed by atoms with Crippen molar-refractivity contribution in [2.24, 2.45) is 5.41 Å². The average Bonchev–Trinajstić information content (AvgIpc) is 2.86. The quantitative estimate of drug-likeness (QED) is 0.846. The summed E-state index contributed by atoms with van der Waals surface area (Å²) >= 11 is 0. The second kappa shape index (κ2) is 7.26. The normalized spacial score (nSPS) is 17.8. The Kier molecular flexibility index (Phi) is 5.74. The third-order valence-electron chi connectivity index (χ3n) is 4.99. The van der Waals surface area contributed by atoms with Gasteiger partial charge in [0.05, 0.1) is 12.7 Å². The van der Waals surface area contributed by atoms with Gasteiger partial charge in [0.15, 0.2) is 0 Å². The Hall–Kier alpha value is -1.36. The van der Waals surface area contributed by atoms with Crippen LogP contribution in [-0.2, 0) is 16.8 Å². The van der Waals surface area contributed by atoms with Gasteiger partial charge in [0.25, 0.3) is 0 Å². The summed E-state index contributed by atoms with van der Waals surface area (Å²) in [6.45, 7) is 16.7. The molecule has 1 amide bonds. The number of nitrogens with zero attached hydrogens (tertiary/aromatic N) is 3. The maximum Gasteiger partial charge on any atom is 0.228 e. The maximum atomic E-state index is 12.7. The van der Waals surface area contributed by atoms with Crippen LogP contribution in [0.2, 0.25) is 0 Å². The Morgan fingerprint density at radius 2 is 1.88 bits per heavy atom. The fourth-order valence-corrected chi connectivity index (χ4v) is 2.83. The van der Waals surface area contributed by atoms with Gasteiger partial charge in [-0.25, -0.2) is 4.98 Å². The second-order valence-electron chi connectivity index (χ2n) is 8.53. The third-order valence-corrected chi connectivity index (χ3v) is 4.99. The summed E-state index contributed by atoms with van der Waals surface area (Å²) in [6, 6.07) is 0. The molecule has 1 aliphatic rings. The van der Waals surface area contributed by atoms with Gasteiger partial charge in [0, 0.05) is 37.0 Å². The summed E-state index contributed by atoms with van der Waals surface area (Å²) in [5.74, 6) is 1.97. The zero-order valence-corrected chi connectivity index (χ0v) is 16.2. The molecule has 1 saturated heterocycles. The van der Waals surface area contributed by atoms with Crippen molar-refractivity contribution < 1.29 is 9.21 Å².